The molecular weight excluding hydrogens is 362 g/mol. The topological polar surface area (TPSA) is 88.2 Å². The standard InChI is InChI=1S/C17H20ClN3O3S/c1-12(2)21-25(23,24)11-15-6-4-3-5-14(15)10-20-17(22)13-7-8-19-16(18)9-13/h3-9,12,21H,10-11H2,1-2H3,(H,20,22). The maximum Gasteiger partial charge on any atom is 0.251 e. The first-order valence-corrected chi connectivity index (χ1v) is 9.76. The van der Waals surface area contributed by atoms with Gasteiger partial charge in [0.25, 0.3) is 5.91 Å². The third kappa shape index (κ3) is 6.12. The number of carbonyl (C=O) groups excluding carboxylic acids is 1. The number of pyridine rings is 1. The summed E-state index contributed by atoms with van der Waals surface area (Å²) in [5.74, 6) is -0.444. The van der Waals surface area contributed by atoms with E-state index < -0.39 is 10.0 Å². The van der Waals surface area contributed by atoms with Crippen LogP contribution in [-0.2, 0) is 22.3 Å². The molecule has 25 heavy (non-hydrogen) atoms. The third-order valence-electron chi connectivity index (χ3n) is 3.31. The number of rotatable bonds is 7. The Morgan fingerprint density at radius 3 is 2.52 bits per heavy atom. The maximum absolute atomic E-state index is 12.2. The Kier molecular flexibility index (Phi) is 6.52. The molecule has 0 spiro atoms. The molecule has 1 heterocycles. The maximum atomic E-state index is 12.2. The molecule has 0 bridgehead atoms. The van der Waals surface area contributed by atoms with Gasteiger partial charge in [0.2, 0.25) is 10.0 Å². The summed E-state index contributed by atoms with van der Waals surface area (Å²) in [4.78, 5) is 16.0. The van der Waals surface area contributed by atoms with Gasteiger partial charge in [0.05, 0.1) is 5.75 Å². The molecule has 1 aromatic heterocycles. The smallest absolute Gasteiger partial charge is 0.251 e. The molecule has 8 heteroatoms. The van der Waals surface area contributed by atoms with Crippen molar-refractivity contribution >= 4 is 27.5 Å². The van der Waals surface area contributed by atoms with Gasteiger partial charge in [-0.2, -0.15) is 0 Å². The fraction of sp³-hybridized carbons (Fsp3) is 0.294. The van der Waals surface area contributed by atoms with Crippen molar-refractivity contribution in [1.29, 1.82) is 0 Å². The van der Waals surface area contributed by atoms with Crippen LogP contribution in [0.2, 0.25) is 5.15 Å². The fourth-order valence-corrected chi connectivity index (χ4v) is 3.96. The summed E-state index contributed by atoms with van der Waals surface area (Å²) in [7, 11) is -3.44. The summed E-state index contributed by atoms with van der Waals surface area (Å²) >= 11 is 5.78. The Labute approximate surface area is 152 Å². The molecule has 0 aliphatic carbocycles. The third-order valence-corrected chi connectivity index (χ3v) is 5.04. The van der Waals surface area contributed by atoms with Gasteiger partial charge < -0.3 is 5.32 Å². The normalized spacial score (nSPS) is 11.5. The largest absolute Gasteiger partial charge is 0.348 e. The van der Waals surface area contributed by atoms with Crippen LogP contribution in [-0.4, -0.2) is 25.4 Å². The van der Waals surface area contributed by atoms with Crippen LogP contribution in [0.5, 0.6) is 0 Å². The molecule has 6 nitrogen and oxygen atoms in total. The van der Waals surface area contributed by atoms with Crippen molar-refractivity contribution in [3.05, 3.63) is 64.4 Å². The molecule has 0 saturated heterocycles. The number of nitrogens with one attached hydrogen (secondary N) is 2. The van der Waals surface area contributed by atoms with Crippen molar-refractivity contribution in [2.24, 2.45) is 0 Å². The van der Waals surface area contributed by atoms with Gasteiger partial charge in [0.15, 0.2) is 0 Å². The zero-order valence-corrected chi connectivity index (χ0v) is 15.6. The first-order valence-electron chi connectivity index (χ1n) is 7.73. The van der Waals surface area contributed by atoms with Crippen LogP contribution < -0.4 is 10.0 Å². The van der Waals surface area contributed by atoms with Crippen molar-refractivity contribution in [3.8, 4) is 0 Å². The highest BCUT2D eigenvalue weighted by Crippen LogP contribution is 2.13. The lowest BCUT2D eigenvalue weighted by atomic mass is 10.1. The van der Waals surface area contributed by atoms with E-state index >= 15 is 0 Å². The molecule has 1 aromatic carbocycles. The van der Waals surface area contributed by atoms with Crippen LogP contribution in [0.25, 0.3) is 0 Å². The van der Waals surface area contributed by atoms with Crippen molar-refractivity contribution < 1.29 is 13.2 Å². The van der Waals surface area contributed by atoms with Crippen LogP contribution >= 0.6 is 11.6 Å². The number of halogens is 1. The summed E-state index contributed by atoms with van der Waals surface area (Å²) < 4.78 is 26.8. The molecule has 2 N–H and O–H groups in total. The Hall–Kier alpha value is -1.96. The molecule has 1 amide bonds. The summed E-state index contributed by atoms with van der Waals surface area (Å²) in [6.07, 6.45) is 1.45. The second kappa shape index (κ2) is 8.42. The average molecular weight is 382 g/mol. The van der Waals surface area contributed by atoms with Crippen LogP contribution in [0.15, 0.2) is 42.6 Å². The lowest BCUT2D eigenvalue weighted by Gasteiger charge is -2.13. The molecule has 134 valence electrons. The summed E-state index contributed by atoms with van der Waals surface area (Å²) in [6.45, 7) is 3.75. The molecule has 2 rings (SSSR count). The highest BCUT2D eigenvalue weighted by Gasteiger charge is 2.16. The van der Waals surface area contributed by atoms with Gasteiger partial charge in [-0.05, 0) is 37.1 Å². The fourth-order valence-electron chi connectivity index (χ4n) is 2.30. The van der Waals surface area contributed by atoms with Gasteiger partial charge in [-0.3, -0.25) is 4.79 Å². The van der Waals surface area contributed by atoms with E-state index in [4.69, 9.17) is 11.6 Å². The zero-order chi connectivity index (χ0) is 18.4. The molecule has 0 unspecified atom stereocenters. The van der Waals surface area contributed by atoms with Gasteiger partial charge in [0.1, 0.15) is 5.15 Å². The second-order valence-electron chi connectivity index (χ2n) is 5.85. The number of benzene rings is 1. The highest BCUT2D eigenvalue weighted by atomic mass is 35.5. The number of hydrogen-bond donors (Lipinski definition) is 2. The minimum absolute atomic E-state index is 0.141. The number of aromatic nitrogens is 1. The van der Waals surface area contributed by atoms with Crippen LogP contribution in [0.1, 0.15) is 35.3 Å². The molecule has 0 atom stereocenters. The summed E-state index contributed by atoms with van der Waals surface area (Å²) in [5, 5.41) is 3.00. The summed E-state index contributed by atoms with van der Waals surface area (Å²) in [6, 6.07) is 9.97. The zero-order valence-electron chi connectivity index (χ0n) is 14.0. The first kappa shape index (κ1) is 19.4. The minimum atomic E-state index is -3.44. The Morgan fingerprint density at radius 1 is 1.20 bits per heavy atom. The SMILES string of the molecule is CC(C)NS(=O)(=O)Cc1ccccc1CNC(=O)c1ccnc(Cl)c1. The van der Waals surface area contributed by atoms with E-state index in [2.05, 4.69) is 15.0 Å². The van der Waals surface area contributed by atoms with E-state index in [0.29, 0.717) is 11.1 Å². The molecule has 0 aliphatic rings. The van der Waals surface area contributed by atoms with E-state index in [-0.39, 0.29) is 29.4 Å². The Bertz CT molecular complexity index is 854. The highest BCUT2D eigenvalue weighted by molar-refractivity contribution is 7.88. The second-order valence-corrected chi connectivity index (χ2v) is 7.99. The molecular formula is C17H20ClN3O3S. The van der Waals surface area contributed by atoms with Gasteiger partial charge in [0, 0.05) is 24.3 Å². The monoisotopic (exact) mass is 381 g/mol. The molecule has 0 saturated carbocycles. The van der Waals surface area contributed by atoms with Crippen molar-refractivity contribution in [2.45, 2.75) is 32.2 Å². The summed E-state index contributed by atoms with van der Waals surface area (Å²) in [5.41, 5.74) is 1.78. The Balaban J connectivity index is 2.09. The molecule has 2 aromatic rings. The van der Waals surface area contributed by atoms with Crippen molar-refractivity contribution in [2.75, 3.05) is 0 Å². The number of hydrogen-bond acceptors (Lipinski definition) is 4. The van der Waals surface area contributed by atoms with Crippen LogP contribution in [0.4, 0.5) is 0 Å². The number of nitrogens with zero attached hydrogens (tertiary/aromatic N) is 1. The average Bonchev–Trinajstić information content (AvgIpc) is 2.52. The Morgan fingerprint density at radius 2 is 1.88 bits per heavy atom. The predicted molar refractivity (Wildman–Crippen MR) is 97.8 cm³/mol. The van der Waals surface area contributed by atoms with Crippen LogP contribution in [0, 0.1) is 0 Å². The van der Waals surface area contributed by atoms with E-state index in [9.17, 15) is 13.2 Å². The molecule has 0 aliphatic heterocycles. The van der Waals surface area contributed by atoms with Crippen molar-refractivity contribution in [1.82, 2.24) is 15.0 Å². The van der Waals surface area contributed by atoms with Crippen molar-refractivity contribution in [3.63, 3.8) is 0 Å². The van der Waals surface area contributed by atoms with Gasteiger partial charge >= 0.3 is 0 Å². The first-order chi connectivity index (χ1) is 11.8. The molecule has 0 fully saturated rings. The predicted octanol–water partition coefficient (Wildman–Crippen LogP) is 2.49. The lowest BCUT2D eigenvalue weighted by Crippen LogP contribution is -2.32. The van der Waals surface area contributed by atoms with E-state index in [0.717, 1.165) is 5.56 Å². The lowest BCUT2D eigenvalue weighted by molar-refractivity contribution is 0.0950. The number of amides is 1. The van der Waals surface area contributed by atoms with Gasteiger partial charge in [-0.1, -0.05) is 35.9 Å². The number of sulfonamides is 1. The van der Waals surface area contributed by atoms with Gasteiger partial charge in [-0.25, -0.2) is 18.1 Å². The van der Waals surface area contributed by atoms with Gasteiger partial charge in [-0.15, -0.1) is 0 Å². The van der Waals surface area contributed by atoms with E-state index in [1.165, 1.54) is 12.3 Å². The molecule has 0 radical (unpaired) electrons. The quantitative estimate of drug-likeness (QED) is 0.721. The minimum Gasteiger partial charge on any atom is -0.348 e. The van der Waals surface area contributed by atoms with E-state index in [1.807, 2.05) is 0 Å². The van der Waals surface area contributed by atoms with E-state index in [1.54, 1.807) is 44.2 Å². The number of carbonyl (C=O) groups is 1. The van der Waals surface area contributed by atoms with Crippen LogP contribution in [0.3, 0.4) is 0 Å².